The maximum Gasteiger partial charge on any atom is 0.266 e. The van der Waals surface area contributed by atoms with E-state index in [-0.39, 0.29) is 12.5 Å². The van der Waals surface area contributed by atoms with E-state index in [9.17, 15) is 14.4 Å². The zero-order chi connectivity index (χ0) is 25.8. The van der Waals surface area contributed by atoms with Crippen molar-refractivity contribution in [3.8, 4) is 17.2 Å². The molecule has 0 unspecified atom stereocenters. The second-order valence-electron chi connectivity index (χ2n) is 7.68. The van der Waals surface area contributed by atoms with Crippen LogP contribution in [0.2, 0.25) is 0 Å². The van der Waals surface area contributed by atoms with Crippen LogP contribution in [0, 0.1) is 6.92 Å². The van der Waals surface area contributed by atoms with Crippen molar-refractivity contribution in [1.82, 2.24) is 9.55 Å². The molecule has 0 aliphatic rings. The number of anilines is 2. The molecule has 186 valence electrons. The fourth-order valence-electron chi connectivity index (χ4n) is 3.66. The minimum Gasteiger partial charge on any atom is -0.497 e. The summed E-state index contributed by atoms with van der Waals surface area (Å²) in [6.07, 6.45) is 1.30. The monoisotopic (exact) mass is 508 g/mol. The Morgan fingerprint density at radius 3 is 2.42 bits per heavy atom. The number of carbonyl (C=O) groups excluding carboxylic acids is 2. The molecule has 36 heavy (non-hydrogen) atoms. The molecule has 4 aromatic rings. The molecule has 10 nitrogen and oxygen atoms in total. The molecule has 2 heterocycles. The Kier molecular flexibility index (Phi) is 7.20. The Bertz CT molecular complexity index is 1510. The molecule has 4 rings (SSSR count). The number of hydrogen-bond donors (Lipinski definition) is 2. The molecule has 0 aliphatic carbocycles. The summed E-state index contributed by atoms with van der Waals surface area (Å²) in [6.45, 7) is 1.42. The summed E-state index contributed by atoms with van der Waals surface area (Å²) in [5.41, 5.74) is 1.03. The van der Waals surface area contributed by atoms with Crippen LogP contribution in [-0.4, -0.2) is 42.7 Å². The van der Waals surface area contributed by atoms with Gasteiger partial charge in [0.2, 0.25) is 5.91 Å². The van der Waals surface area contributed by atoms with E-state index in [1.165, 1.54) is 32.2 Å². The van der Waals surface area contributed by atoms with Crippen molar-refractivity contribution >= 4 is 44.7 Å². The molecule has 2 N–H and O–H groups in total. The molecule has 2 amide bonds. The zero-order valence-electron chi connectivity index (χ0n) is 20.1. The lowest BCUT2D eigenvalue weighted by molar-refractivity contribution is -0.116. The summed E-state index contributed by atoms with van der Waals surface area (Å²) in [4.78, 5) is 44.0. The number of fused-ring (bicyclic) bond motifs is 1. The van der Waals surface area contributed by atoms with E-state index < -0.39 is 11.5 Å². The predicted molar refractivity (Wildman–Crippen MR) is 138 cm³/mol. The van der Waals surface area contributed by atoms with Crippen molar-refractivity contribution < 1.29 is 23.8 Å². The van der Waals surface area contributed by atoms with Crippen LogP contribution in [0.4, 0.5) is 11.4 Å². The fraction of sp³-hybridized carbons (Fsp3) is 0.200. The number of rotatable bonds is 8. The molecule has 0 spiro atoms. The number of ether oxygens (including phenoxy) is 3. The summed E-state index contributed by atoms with van der Waals surface area (Å²) in [6, 6.07) is 12.0. The maximum atomic E-state index is 13.2. The zero-order valence-corrected chi connectivity index (χ0v) is 20.9. The third-order valence-corrected chi connectivity index (χ3v) is 6.67. The highest BCUT2D eigenvalue weighted by Crippen LogP contribution is 2.30. The Labute approximate surface area is 210 Å². The van der Waals surface area contributed by atoms with Gasteiger partial charge in [-0.3, -0.25) is 19.0 Å². The van der Waals surface area contributed by atoms with Crippen molar-refractivity contribution in [3.63, 3.8) is 0 Å². The number of nitrogens with one attached hydrogen (secondary N) is 2. The van der Waals surface area contributed by atoms with E-state index in [0.717, 1.165) is 11.3 Å². The standard InChI is InChI=1S/C25H24N4O6S/c1-14-21-24(36-22(14)23(31)28-16-7-5-6-8-18(16)34-3)26-13-29(25(21)32)12-20(30)27-17-10-9-15(33-2)11-19(17)35-4/h5-11,13H,12H2,1-4H3,(H,27,30)(H,28,31). The lowest BCUT2D eigenvalue weighted by Crippen LogP contribution is -2.28. The van der Waals surface area contributed by atoms with Gasteiger partial charge in [-0.05, 0) is 36.8 Å². The fourth-order valence-corrected chi connectivity index (χ4v) is 4.70. The Morgan fingerprint density at radius 1 is 0.972 bits per heavy atom. The molecular formula is C25H24N4O6S. The van der Waals surface area contributed by atoms with Gasteiger partial charge in [0.15, 0.2) is 0 Å². The van der Waals surface area contributed by atoms with E-state index in [2.05, 4.69) is 15.6 Å². The van der Waals surface area contributed by atoms with Crippen LogP contribution >= 0.6 is 11.3 Å². The number of aryl methyl sites for hydroxylation is 1. The van der Waals surface area contributed by atoms with Crippen LogP contribution in [0.25, 0.3) is 10.2 Å². The molecule has 0 saturated carbocycles. The minimum atomic E-state index is -0.441. The second-order valence-corrected chi connectivity index (χ2v) is 8.68. The van der Waals surface area contributed by atoms with Gasteiger partial charge in [-0.15, -0.1) is 11.3 Å². The summed E-state index contributed by atoms with van der Waals surface area (Å²) in [5.74, 6) is 0.695. The lowest BCUT2D eigenvalue weighted by atomic mass is 10.2. The molecule has 2 aromatic carbocycles. The van der Waals surface area contributed by atoms with Crippen molar-refractivity contribution in [2.45, 2.75) is 13.5 Å². The molecule has 2 aromatic heterocycles. The van der Waals surface area contributed by atoms with E-state index in [1.54, 1.807) is 49.4 Å². The van der Waals surface area contributed by atoms with E-state index in [0.29, 0.717) is 49.3 Å². The normalized spacial score (nSPS) is 10.7. The molecule has 0 saturated heterocycles. The number of aromatic nitrogens is 2. The summed E-state index contributed by atoms with van der Waals surface area (Å²) in [5, 5.41) is 5.84. The average Bonchev–Trinajstić information content (AvgIpc) is 3.23. The maximum absolute atomic E-state index is 13.2. The van der Waals surface area contributed by atoms with Crippen LogP contribution < -0.4 is 30.4 Å². The van der Waals surface area contributed by atoms with Gasteiger partial charge < -0.3 is 24.8 Å². The van der Waals surface area contributed by atoms with Crippen molar-refractivity contribution in [1.29, 1.82) is 0 Å². The first-order chi connectivity index (χ1) is 17.4. The predicted octanol–water partition coefficient (Wildman–Crippen LogP) is 3.68. The van der Waals surface area contributed by atoms with Gasteiger partial charge >= 0.3 is 0 Å². The SMILES string of the molecule is COc1ccc(NC(=O)Cn2cnc3sc(C(=O)Nc4ccccc4OC)c(C)c3c2=O)c(OC)c1. The van der Waals surface area contributed by atoms with Gasteiger partial charge in [0.05, 0.1) is 49.3 Å². The topological polar surface area (TPSA) is 121 Å². The van der Waals surface area contributed by atoms with E-state index in [4.69, 9.17) is 14.2 Å². The van der Waals surface area contributed by atoms with Gasteiger partial charge in [-0.25, -0.2) is 4.98 Å². The molecule has 0 radical (unpaired) electrons. The number of hydrogen-bond acceptors (Lipinski definition) is 8. The molecule has 0 aliphatic heterocycles. The van der Waals surface area contributed by atoms with E-state index in [1.807, 2.05) is 0 Å². The first-order valence-corrected chi connectivity index (χ1v) is 11.6. The first-order valence-electron chi connectivity index (χ1n) is 10.8. The number of amides is 2. The summed E-state index contributed by atoms with van der Waals surface area (Å²) >= 11 is 1.11. The molecule has 0 bridgehead atoms. The number of thiophene rings is 1. The number of nitrogens with zero attached hydrogens (tertiary/aromatic N) is 2. The van der Waals surface area contributed by atoms with Crippen LogP contribution in [0.1, 0.15) is 15.2 Å². The molecule has 11 heteroatoms. The van der Waals surface area contributed by atoms with Crippen LogP contribution in [0.15, 0.2) is 53.6 Å². The van der Waals surface area contributed by atoms with Gasteiger partial charge in [0, 0.05) is 6.07 Å². The minimum absolute atomic E-state index is 0.269. The number of carbonyl (C=O) groups is 2. The highest BCUT2D eigenvalue weighted by atomic mass is 32.1. The quantitative estimate of drug-likeness (QED) is 0.372. The van der Waals surface area contributed by atoms with Crippen LogP contribution in [-0.2, 0) is 11.3 Å². The summed E-state index contributed by atoms with van der Waals surface area (Å²) in [7, 11) is 4.53. The molecular weight excluding hydrogens is 484 g/mol. The molecule has 0 atom stereocenters. The number of para-hydroxylation sites is 2. The Hall–Kier alpha value is -4.38. The van der Waals surface area contributed by atoms with Gasteiger partial charge in [-0.1, -0.05) is 12.1 Å². The lowest BCUT2D eigenvalue weighted by Gasteiger charge is -2.12. The van der Waals surface area contributed by atoms with E-state index >= 15 is 0 Å². The Morgan fingerprint density at radius 2 is 1.69 bits per heavy atom. The van der Waals surface area contributed by atoms with Gasteiger partial charge in [-0.2, -0.15) is 0 Å². The highest BCUT2D eigenvalue weighted by molar-refractivity contribution is 7.20. The van der Waals surface area contributed by atoms with Crippen LogP contribution in [0.5, 0.6) is 17.2 Å². The van der Waals surface area contributed by atoms with Crippen molar-refractivity contribution in [2.24, 2.45) is 0 Å². The van der Waals surface area contributed by atoms with Crippen molar-refractivity contribution in [2.75, 3.05) is 32.0 Å². The third kappa shape index (κ3) is 4.86. The average molecular weight is 509 g/mol. The summed E-state index contributed by atoms with van der Waals surface area (Å²) < 4.78 is 16.9. The smallest absolute Gasteiger partial charge is 0.266 e. The highest BCUT2D eigenvalue weighted by Gasteiger charge is 2.21. The van der Waals surface area contributed by atoms with Crippen molar-refractivity contribution in [3.05, 3.63) is 69.6 Å². The molecule has 0 fully saturated rings. The first kappa shape index (κ1) is 24.7. The Balaban J connectivity index is 1.57. The largest absolute Gasteiger partial charge is 0.497 e. The van der Waals surface area contributed by atoms with Crippen LogP contribution in [0.3, 0.4) is 0 Å². The second kappa shape index (κ2) is 10.5. The van der Waals surface area contributed by atoms with Gasteiger partial charge in [0.25, 0.3) is 11.5 Å². The third-order valence-electron chi connectivity index (χ3n) is 5.48. The number of benzene rings is 2. The number of methoxy groups -OCH3 is 3. The van der Waals surface area contributed by atoms with Gasteiger partial charge in [0.1, 0.15) is 28.6 Å².